The molecule has 0 radical (unpaired) electrons. The zero-order valence-electron chi connectivity index (χ0n) is 14.8. The summed E-state index contributed by atoms with van der Waals surface area (Å²) in [6.45, 7) is 2.32. The molecule has 0 saturated heterocycles. The van der Waals surface area contributed by atoms with Gasteiger partial charge in [0.25, 0.3) is 0 Å². The van der Waals surface area contributed by atoms with E-state index < -0.39 is 5.97 Å². The van der Waals surface area contributed by atoms with Crippen molar-refractivity contribution in [3.63, 3.8) is 0 Å². The number of nitrogens with one attached hydrogen (secondary N) is 1. The van der Waals surface area contributed by atoms with Gasteiger partial charge in [0, 0.05) is 18.5 Å². The van der Waals surface area contributed by atoms with Crippen LogP contribution in [0.5, 0.6) is 0 Å². The minimum absolute atomic E-state index is 0.212. The molecule has 3 heteroatoms. The van der Waals surface area contributed by atoms with Crippen molar-refractivity contribution in [3.8, 4) is 0 Å². The molecule has 1 atom stereocenters. The first-order valence-corrected chi connectivity index (χ1v) is 9.12. The number of carbonyl (C=O) groups is 1. The predicted octanol–water partition coefficient (Wildman–Crippen LogP) is 4.17. The summed E-state index contributed by atoms with van der Waals surface area (Å²) >= 11 is 0. The average molecular weight is 337 g/mol. The van der Waals surface area contributed by atoms with E-state index in [-0.39, 0.29) is 17.9 Å². The number of benzene rings is 2. The Morgan fingerprint density at radius 2 is 1.72 bits per heavy atom. The Balaban J connectivity index is 1.58. The van der Waals surface area contributed by atoms with Crippen LogP contribution in [0.1, 0.15) is 43.7 Å². The number of hydrogen-bond donors (Lipinski definition) is 2. The Morgan fingerprint density at radius 1 is 1.12 bits per heavy atom. The van der Waals surface area contributed by atoms with Crippen LogP contribution in [0.4, 0.5) is 0 Å². The summed E-state index contributed by atoms with van der Waals surface area (Å²) in [6, 6.07) is 21.7. The predicted molar refractivity (Wildman–Crippen MR) is 101 cm³/mol. The summed E-state index contributed by atoms with van der Waals surface area (Å²) in [7, 11) is 0. The largest absolute Gasteiger partial charge is 0.481 e. The maximum atomic E-state index is 11.0. The van der Waals surface area contributed by atoms with Gasteiger partial charge in [0.1, 0.15) is 0 Å². The van der Waals surface area contributed by atoms with Gasteiger partial charge in [-0.3, -0.25) is 4.79 Å². The number of aliphatic carboxylic acids is 1. The van der Waals surface area contributed by atoms with E-state index in [0.717, 1.165) is 19.3 Å². The summed E-state index contributed by atoms with van der Waals surface area (Å²) in [5, 5.41) is 12.8. The van der Waals surface area contributed by atoms with Gasteiger partial charge in [-0.15, -0.1) is 0 Å². The molecule has 0 aromatic heterocycles. The van der Waals surface area contributed by atoms with E-state index in [1.165, 1.54) is 11.1 Å². The van der Waals surface area contributed by atoms with Crippen LogP contribution in [-0.2, 0) is 16.6 Å². The van der Waals surface area contributed by atoms with E-state index in [1.54, 1.807) is 0 Å². The number of rotatable bonds is 8. The van der Waals surface area contributed by atoms with E-state index >= 15 is 0 Å². The fourth-order valence-electron chi connectivity index (χ4n) is 4.00. The minimum atomic E-state index is -0.720. The lowest BCUT2D eigenvalue weighted by molar-refractivity contribution is -0.137. The highest BCUT2D eigenvalue weighted by atomic mass is 16.4. The second-order valence-corrected chi connectivity index (χ2v) is 7.52. The Kier molecular flexibility index (Phi) is 5.54. The molecular weight excluding hydrogens is 310 g/mol. The maximum Gasteiger partial charge on any atom is 0.303 e. The summed E-state index contributed by atoms with van der Waals surface area (Å²) in [5.74, 6) is -0.720. The molecule has 1 fully saturated rings. The van der Waals surface area contributed by atoms with Crippen molar-refractivity contribution >= 4 is 5.97 Å². The third-order valence-electron chi connectivity index (χ3n) is 5.37. The van der Waals surface area contributed by atoms with Crippen LogP contribution in [0, 0.1) is 0 Å². The molecule has 0 heterocycles. The fraction of sp³-hybridized carbons (Fsp3) is 0.409. The third-order valence-corrected chi connectivity index (χ3v) is 5.37. The molecule has 1 unspecified atom stereocenters. The molecule has 1 aliphatic rings. The summed E-state index contributed by atoms with van der Waals surface area (Å²) < 4.78 is 0. The molecule has 25 heavy (non-hydrogen) atoms. The standard InChI is InChI=1S/C22H27NO2/c1-22(18-10-6-3-7-11-18)15-20(16-22)23-19(12-13-21(24)25)14-17-8-4-2-5-9-17/h2-11,19-20,23H,12-16H2,1H3,(H,24,25). The van der Waals surface area contributed by atoms with Gasteiger partial charge in [0.05, 0.1) is 0 Å². The first-order chi connectivity index (χ1) is 12.0. The number of hydrogen-bond acceptors (Lipinski definition) is 2. The highest BCUT2D eigenvalue weighted by Crippen LogP contribution is 2.43. The summed E-state index contributed by atoms with van der Waals surface area (Å²) in [6.07, 6.45) is 3.98. The normalized spacial score (nSPS) is 23.6. The minimum Gasteiger partial charge on any atom is -0.481 e. The van der Waals surface area contributed by atoms with Crippen molar-refractivity contribution in [1.82, 2.24) is 5.32 Å². The molecule has 0 bridgehead atoms. The molecule has 132 valence electrons. The van der Waals surface area contributed by atoms with Crippen LogP contribution in [0.2, 0.25) is 0 Å². The quantitative estimate of drug-likeness (QED) is 0.760. The Bertz CT molecular complexity index is 678. The highest BCUT2D eigenvalue weighted by molar-refractivity contribution is 5.66. The Hall–Kier alpha value is -2.13. The molecular formula is C22H27NO2. The molecule has 0 amide bonds. The number of carboxylic acids is 1. The van der Waals surface area contributed by atoms with Crippen LogP contribution in [0.15, 0.2) is 60.7 Å². The molecule has 2 aromatic rings. The highest BCUT2D eigenvalue weighted by Gasteiger charge is 2.41. The lowest BCUT2D eigenvalue weighted by atomic mass is 9.63. The van der Waals surface area contributed by atoms with Crippen molar-refractivity contribution < 1.29 is 9.90 Å². The van der Waals surface area contributed by atoms with Crippen LogP contribution >= 0.6 is 0 Å². The molecule has 2 N–H and O–H groups in total. The van der Waals surface area contributed by atoms with Crippen LogP contribution in [0.25, 0.3) is 0 Å². The third kappa shape index (κ3) is 4.70. The van der Waals surface area contributed by atoms with Crippen molar-refractivity contribution in [2.45, 2.75) is 56.5 Å². The smallest absolute Gasteiger partial charge is 0.303 e. The van der Waals surface area contributed by atoms with Gasteiger partial charge < -0.3 is 10.4 Å². The summed E-state index contributed by atoms with van der Waals surface area (Å²) in [5.41, 5.74) is 2.90. The Labute approximate surface area is 150 Å². The summed E-state index contributed by atoms with van der Waals surface area (Å²) in [4.78, 5) is 11.0. The van der Waals surface area contributed by atoms with E-state index in [1.807, 2.05) is 18.2 Å². The van der Waals surface area contributed by atoms with Crippen molar-refractivity contribution in [2.75, 3.05) is 0 Å². The topological polar surface area (TPSA) is 49.3 Å². The van der Waals surface area contributed by atoms with Gasteiger partial charge >= 0.3 is 5.97 Å². The Morgan fingerprint density at radius 3 is 2.32 bits per heavy atom. The first kappa shape index (κ1) is 17.7. The second-order valence-electron chi connectivity index (χ2n) is 7.52. The van der Waals surface area contributed by atoms with Crippen molar-refractivity contribution in [1.29, 1.82) is 0 Å². The van der Waals surface area contributed by atoms with Gasteiger partial charge in [0.2, 0.25) is 0 Å². The SMILES string of the molecule is CC1(c2ccccc2)CC(NC(CCC(=O)O)Cc2ccccc2)C1. The van der Waals surface area contributed by atoms with Crippen LogP contribution < -0.4 is 5.32 Å². The van der Waals surface area contributed by atoms with E-state index in [2.05, 4.69) is 54.7 Å². The molecule has 3 nitrogen and oxygen atoms in total. The van der Waals surface area contributed by atoms with Crippen LogP contribution in [-0.4, -0.2) is 23.2 Å². The van der Waals surface area contributed by atoms with Gasteiger partial charge in [-0.2, -0.15) is 0 Å². The molecule has 2 aromatic carbocycles. The van der Waals surface area contributed by atoms with Gasteiger partial charge in [-0.25, -0.2) is 0 Å². The first-order valence-electron chi connectivity index (χ1n) is 9.12. The zero-order chi connectivity index (χ0) is 17.7. The molecule has 0 spiro atoms. The van der Waals surface area contributed by atoms with Crippen molar-refractivity contribution in [2.24, 2.45) is 0 Å². The molecule has 3 rings (SSSR count). The van der Waals surface area contributed by atoms with Crippen molar-refractivity contribution in [3.05, 3.63) is 71.8 Å². The lowest BCUT2D eigenvalue weighted by Crippen LogP contribution is -2.53. The maximum absolute atomic E-state index is 11.0. The lowest BCUT2D eigenvalue weighted by Gasteiger charge is -2.47. The average Bonchev–Trinajstić information content (AvgIpc) is 2.59. The fourth-order valence-corrected chi connectivity index (χ4v) is 4.00. The number of carboxylic acid groups (broad SMARTS) is 1. The zero-order valence-corrected chi connectivity index (χ0v) is 14.8. The van der Waals surface area contributed by atoms with Gasteiger partial charge in [0.15, 0.2) is 0 Å². The van der Waals surface area contributed by atoms with E-state index in [9.17, 15) is 4.79 Å². The van der Waals surface area contributed by atoms with E-state index in [4.69, 9.17) is 5.11 Å². The van der Waals surface area contributed by atoms with Gasteiger partial charge in [-0.05, 0) is 42.2 Å². The van der Waals surface area contributed by atoms with Crippen LogP contribution in [0.3, 0.4) is 0 Å². The van der Waals surface area contributed by atoms with Gasteiger partial charge in [-0.1, -0.05) is 67.6 Å². The second kappa shape index (κ2) is 7.83. The molecule has 1 aliphatic carbocycles. The molecule has 1 saturated carbocycles. The molecule has 0 aliphatic heterocycles. The monoisotopic (exact) mass is 337 g/mol. The van der Waals surface area contributed by atoms with E-state index in [0.29, 0.717) is 12.5 Å².